The molecule has 1 aromatic rings. The summed E-state index contributed by atoms with van der Waals surface area (Å²) in [5, 5.41) is 9.13. The summed E-state index contributed by atoms with van der Waals surface area (Å²) in [7, 11) is 0. The molecule has 1 aliphatic heterocycles. The number of anilines is 2. The van der Waals surface area contributed by atoms with Crippen LogP contribution in [0, 0.1) is 11.3 Å². The highest BCUT2D eigenvalue weighted by Gasteiger charge is 2.14. The highest BCUT2D eigenvalue weighted by molar-refractivity contribution is 5.58. The highest BCUT2D eigenvalue weighted by atomic mass is 15.2. The molecule has 90 valence electrons. The molecule has 0 amide bonds. The fraction of sp³-hybridized carbons (Fsp3) is 0.538. The van der Waals surface area contributed by atoms with Crippen LogP contribution in [0.2, 0.25) is 0 Å². The SMILES string of the molecule is N#Cc1cc(N)cnc1N1CCCCCCC1. The Labute approximate surface area is 102 Å². The molecule has 2 heterocycles. The van der Waals surface area contributed by atoms with E-state index in [1.54, 1.807) is 12.3 Å². The molecule has 1 aliphatic rings. The normalized spacial score (nSPS) is 17.0. The number of nitrogen functional groups attached to an aromatic ring is 1. The molecule has 0 unspecified atom stereocenters. The van der Waals surface area contributed by atoms with Gasteiger partial charge >= 0.3 is 0 Å². The van der Waals surface area contributed by atoms with E-state index in [2.05, 4.69) is 16.0 Å². The second kappa shape index (κ2) is 5.53. The second-order valence-electron chi connectivity index (χ2n) is 4.51. The van der Waals surface area contributed by atoms with Crippen molar-refractivity contribution in [1.82, 2.24) is 4.98 Å². The summed E-state index contributed by atoms with van der Waals surface area (Å²) in [6.07, 6.45) is 7.86. The number of hydrogen-bond donors (Lipinski definition) is 1. The molecule has 1 aromatic heterocycles. The number of nitriles is 1. The quantitative estimate of drug-likeness (QED) is 0.804. The predicted octanol–water partition coefficient (Wildman–Crippen LogP) is 2.31. The molecule has 17 heavy (non-hydrogen) atoms. The molecule has 0 spiro atoms. The van der Waals surface area contributed by atoms with Gasteiger partial charge in [0.25, 0.3) is 0 Å². The minimum atomic E-state index is 0.553. The molecule has 0 saturated carbocycles. The Balaban J connectivity index is 2.22. The molecule has 0 atom stereocenters. The number of aromatic nitrogens is 1. The maximum atomic E-state index is 9.13. The van der Waals surface area contributed by atoms with E-state index in [0.717, 1.165) is 18.9 Å². The van der Waals surface area contributed by atoms with Crippen LogP contribution in [0.25, 0.3) is 0 Å². The first-order valence-electron chi connectivity index (χ1n) is 6.22. The standard InChI is InChI=1S/C13H18N4/c14-9-11-8-12(15)10-16-13(11)17-6-4-2-1-3-5-7-17/h8,10H,1-7,15H2. The summed E-state index contributed by atoms with van der Waals surface area (Å²) < 4.78 is 0. The van der Waals surface area contributed by atoms with Crippen LogP contribution in [0.4, 0.5) is 11.5 Å². The summed E-state index contributed by atoms with van der Waals surface area (Å²) in [6, 6.07) is 3.89. The molecule has 0 bridgehead atoms. The monoisotopic (exact) mass is 230 g/mol. The summed E-state index contributed by atoms with van der Waals surface area (Å²) >= 11 is 0. The summed E-state index contributed by atoms with van der Waals surface area (Å²) in [5.74, 6) is 0.795. The van der Waals surface area contributed by atoms with Crippen molar-refractivity contribution in [3.05, 3.63) is 17.8 Å². The van der Waals surface area contributed by atoms with Crippen molar-refractivity contribution in [2.24, 2.45) is 0 Å². The topological polar surface area (TPSA) is 65.9 Å². The van der Waals surface area contributed by atoms with E-state index in [9.17, 15) is 0 Å². The van der Waals surface area contributed by atoms with E-state index in [1.165, 1.54) is 32.1 Å². The molecule has 2 rings (SSSR count). The van der Waals surface area contributed by atoms with Crippen molar-refractivity contribution in [2.75, 3.05) is 23.7 Å². The zero-order valence-electron chi connectivity index (χ0n) is 10.0. The van der Waals surface area contributed by atoms with Gasteiger partial charge in [-0.25, -0.2) is 4.98 Å². The van der Waals surface area contributed by atoms with Crippen LogP contribution in [-0.4, -0.2) is 18.1 Å². The lowest BCUT2D eigenvalue weighted by Crippen LogP contribution is -2.28. The summed E-state index contributed by atoms with van der Waals surface area (Å²) in [4.78, 5) is 6.54. The van der Waals surface area contributed by atoms with Gasteiger partial charge in [0.1, 0.15) is 11.9 Å². The van der Waals surface area contributed by atoms with Gasteiger partial charge in [0.05, 0.1) is 17.4 Å². The molecule has 0 aromatic carbocycles. The Hall–Kier alpha value is -1.76. The number of hydrogen-bond acceptors (Lipinski definition) is 4. The first-order chi connectivity index (χ1) is 8.31. The van der Waals surface area contributed by atoms with Crippen molar-refractivity contribution in [3.63, 3.8) is 0 Å². The molecule has 4 nitrogen and oxygen atoms in total. The Morgan fingerprint density at radius 1 is 1.18 bits per heavy atom. The van der Waals surface area contributed by atoms with Crippen LogP contribution in [0.5, 0.6) is 0 Å². The maximum absolute atomic E-state index is 9.13. The average molecular weight is 230 g/mol. The Morgan fingerprint density at radius 2 is 1.82 bits per heavy atom. The van der Waals surface area contributed by atoms with E-state index in [4.69, 9.17) is 11.0 Å². The zero-order valence-corrected chi connectivity index (χ0v) is 10.0. The third kappa shape index (κ3) is 2.88. The first kappa shape index (κ1) is 11.7. The highest BCUT2D eigenvalue weighted by Crippen LogP contribution is 2.22. The number of nitrogens with two attached hydrogens (primary N) is 1. The van der Waals surface area contributed by atoms with Crippen LogP contribution in [0.1, 0.15) is 37.7 Å². The van der Waals surface area contributed by atoms with E-state index in [1.807, 2.05) is 0 Å². The third-order valence-corrected chi connectivity index (χ3v) is 3.16. The minimum Gasteiger partial charge on any atom is -0.397 e. The van der Waals surface area contributed by atoms with Crippen molar-refractivity contribution in [1.29, 1.82) is 5.26 Å². The molecule has 1 fully saturated rings. The third-order valence-electron chi connectivity index (χ3n) is 3.16. The van der Waals surface area contributed by atoms with Gasteiger partial charge in [-0.3, -0.25) is 0 Å². The Bertz CT molecular complexity index is 414. The van der Waals surface area contributed by atoms with E-state index >= 15 is 0 Å². The summed E-state index contributed by atoms with van der Waals surface area (Å²) in [5.41, 5.74) is 6.80. The smallest absolute Gasteiger partial charge is 0.146 e. The van der Waals surface area contributed by atoms with Gasteiger partial charge in [-0.1, -0.05) is 19.3 Å². The van der Waals surface area contributed by atoms with Crippen LogP contribution >= 0.6 is 0 Å². The fourth-order valence-corrected chi connectivity index (χ4v) is 2.27. The van der Waals surface area contributed by atoms with E-state index in [0.29, 0.717) is 11.3 Å². The fourth-order valence-electron chi connectivity index (χ4n) is 2.27. The van der Waals surface area contributed by atoms with Crippen LogP contribution in [0.15, 0.2) is 12.3 Å². The lowest BCUT2D eigenvalue weighted by molar-refractivity contribution is 0.553. The average Bonchev–Trinajstić information content (AvgIpc) is 2.29. The Morgan fingerprint density at radius 3 is 2.47 bits per heavy atom. The van der Waals surface area contributed by atoms with Crippen LogP contribution in [-0.2, 0) is 0 Å². The van der Waals surface area contributed by atoms with Crippen molar-refractivity contribution < 1.29 is 0 Å². The summed E-state index contributed by atoms with van der Waals surface area (Å²) in [6.45, 7) is 1.98. The van der Waals surface area contributed by atoms with Gasteiger partial charge in [-0.05, 0) is 18.9 Å². The van der Waals surface area contributed by atoms with Gasteiger partial charge in [0, 0.05) is 13.1 Å². The van der Waals surface area contributed by atoms with Crippen LogP contribution in [0.3, 0.4) is 0 Å². The largest absolute Gasteiger partial charge is 0.397 e. The van der Waals surface area contributed by atoms with Gasteiger partial charge in [0.2, 0.25) is 0 Å². The van der Waals surface area contributed by atoms with Gasteiger partial charge < -0.3 is 10.6 Å². The van der Waals surface area contributed by atoms with Gasteiger partial charge in [0.15, 0.2) is 0 Å². The molecule has 2 N–H and O–H groups in total. The zero-order chi connectivity index (χ0) is 12.1. The molecule has 1 saturated heterocycles. The van der Waals surface area contributed by atoms with Crippen molar-refractivity contribution >= 4 is 11.5 Å². The molecule has 4 heteroatoms. The molecule has 0 aliphatic carbocycles. The predicted molar refractivity (Wildman–Crippen MR) is 68.7 cm³/mol. The van der Waals surface area contributed by atoms with Gasteiger partial charge in [-0.15, -0.1) is 0 Å². The van der Waals surface area contributed by atoms with Crippen LogP contribution < -0.4 is 10.6 Å². The van der Waals surface area contributed by atoms with Crippen molar-refractivity contribution in [3.8, 4) is 6.07 Å². The first-order valence-corrected chi connectivity index (χ1v) is 6.22. The van der Waals surface area contributed by atoms with E-state index < -0.39 is 0 Å². The number of pyridine rings is 1. The number of rotatable bonds is 1. The van der Waals surface area contributed by atoms with Gasteiger partial charge in [-0.2, -0.15) is 5.26 Å². The molecule has 0 radical (unpaired) electrons. The minimum absolute atomic E-state index is 0.553. The lowest BCUT2D eigenvalue weighted by atomic mass is 10.1. The Kier molecular flexibility index (Phi) is 3.81. The molecular weight excluding hydrogens is 212 g/mol. The van der Waals surface area contributed by atoms with E-state index in [-0.39, 0.29) is 0 Å². The molecular formula is C13H18N4. The van der Waals surface area contributed by atoms with Crippen molar-refractivity contribution in [2.45, 2.75) is 32.1 Å². The lowest BCUT2D eigenvalue weighted by Gasteiger charge is -2.26. The maximum Gasteiger partial charge on any atom is 0.146 e. The number of nitrogens with zero attached hydrogens (tertiary/aromatic N) is 3. The second-order valence-corrected chi connectivity index (χ2v) is 4.51.